The van der Waals surface area contributed by atoms with Gasteiger partial charge in [-0.2, -0.15) is 0 Å². The number of likely N-dealkylation sites (N-methyl/N-ethyl adjacent to an activating group) is 1. The average Bonchev–Trinajstić information content (AvgIpc) is 2.46. The van der Waals surface area contributed by atoms with Crippen LogP contribution in [0, 0.1) is 0 Å². The van der Waals surface area contributed by atoms with Crippen LogP contribution in [0.2, 0.25) is 0 Å². The van der Waals surface area contributed by atoms with Crippen LogP contribution in [0.3, 0.4) is 0 Å². The van der Waals surface area contributed by atoms with Crippen LogP contribution in [-0.4, -0.2) is 36.1 Å². The number of hydrogen-bond acceptors (Lipinski definition) is 4. The first-order valence-electron chi connectivity index (χ1n) is 7.55. The maximum absolute atomic E-state index is 12.0. The van der Waals surface area contributed by atoms with Gasteiger partial charge in [-0.15, -0.1) is 0 Å². The van der Waals surface area contributed by atoms with Gasteiger partial charge in [0.25, 0.3) is 0 Å². The standard InChI is InChI=1S/C17H22N2O3/c1-11(2)13-6-4-5-12(10-20)14(13)9-19(3)15-7-8-16(21)18-17(15)22/h4-6,10-11,15H,7-9H2,1-3H3,(H,18,21,22). The molecule has 0 saturated carbocycles. The molecule has 1 aliphatic heterocycles. The molecule has 1 fully saturated rings. The van der Waals surface area contributed by atoms with Gasteiger partial charge in [-0.05, 0) is 30.5 Å². The van der Waals surface area contributed by atoms with Gasteiger partial charge >= 0.3 is 0 Å². The number of piperidine rings is 1. The molecule has 1 N–H and O–H groups in total. The molecule has 0 aliphatic carbocycles. The maximum atomic E-state index is 12.0. The molecule has 1 aliphatic rings. The minimum atomic E-state index is -0.336. The van der Waals surface area contributed by atoms with Crippen molar-refractivity contribution in [1.82, 2.24) is 10.2 Å². The van der Waals surface area contributed by atoms with E-state index in [0.29, 0.717) is 30.9 Å². The monoisotopic (exact) mass is 302 g/mol. The first kappa shape index (κ1) is 16.4. The lowest BCUT2D eigenvalue weighted by atomic mass is 9.92. The van der Waals surface area contributed by atoms with Crippen molar-refractivity contribution in [2.45, 2.75) is 45.2 Å². The first-order chi connectivity index (χ1) is 10.4. The van der Waals surface area contributed by atoms with Gasteiger partial charge in [0.1, 0.15) is 6.29 Å². The third kappa shape index (κ3) is 3.42. The number of rotatable bonds is 5. The Balaban J connectivity index is 2.24. The van der Waals surface area contributed by atoms with E-state index in [1.165, 1.54) is 0 Å². The van der Waals surface area contributed by atoms with Crippen molar-refractivity contribution < 1.29 is 14.4 Å². The van der Waals surface area contributed by atoms with Crippen LogP contribution in [0.5, 0.6) is 0 Å². The molecular formula is C17H22N2O3. The number of hydrogen-bond donors (Lipinski definition) is 1. The summed E-state index contributed by atoms with van der Waals surface area (Å²) in [7, 11) is 1.85. The SMILES string of the molecule is CC(C)c1cccc(C=O)c1CN(C)C1CCC(=O)NC1=O. The van der Waals surface area contributed by atoms with Crippen molar-refractivity contribution in [2.24, 2.45) is 0 Å². The zero-order chi connectivity index (χ0) is 16.3. The molecule has 2 rings (SSSR count). The zero-order valence-electron chi connectivity index (χ0n) is 13.3. The minimum Gasteiger partial charge on any atom is -0.298 e. The highest BCUT2D eigenvalue weighted by Crippen LogP contribution is 2.24. The summed E-state index contributed by atoms with van der Waals surface area (Å²) >= 11 is 0. The molecule has 1 aromatic rings. The number of carbonyl (C=O) groups is 3. The smallest absolute Gasteiger partial charge is 0.243 e. The van der Waals surface area contributed by atoms with E-state index < -0.39 is 0 Å². The van der Waals surface area contributed by atoms with Crippen LogP contribution in [-0.2, 0) is 16.1 Å². The number of carbonyl (C=O) groups excluding carboxylic acids is 3. The van der Waals surface area contributed by atoms with Crippen LogP contribution in [0.25, 0.3) is 0 Å². The van der Waals surface area contributed by atoms with Crippen LogP contribution >= 0.6 is 0 Å². The van der Waals surface area contributed by atoms with Crippen LogP contribution < -0.4 is 5.32 Å². The third-order valence-corrected chi connectivity index (χ3v) is 4.15. The maximum Gasteiger partial charge on any atom is 0.243 e. The van der Waals surface area contributed by atoms with Gasteiger partial charge in [0.05, 0.1) is 6.04 Å². The highest BCUT2D eigenvalue weighted by Gasteiger charge is 2.30. The summed E-state index contributed by atoms with van der Waals surface area (Å²) in [4.78, 5) is 36.5. The minimum absolute atomic E-state index is 0.217. The molecule has 5 heteroatoms. The fraction of sp³-hybridized carbons (Fsp3) is 0.471. The van der Waals surface area contributed by atoms with E-state index in [1.807, 2.05) is 24.1 Å². The molecule has 1 aromatic carbocycles. The Morgan fingerprint density at radius 3 is 2.68 bits per heavy atom. The average molecular weight is 302 g/mol. The predicted octanol–water partition coefficient (Wildman–Crippen LogP) is 1.86. The van der Waals surface area contributed by atoms with Crippen LogP contribution in [0.15, 0.2) is 18.2 Å². The first-order valence-corrected chi connectivity index (χ1v) is 7.55. The summed E-state index contributed by atoms with van der Waals surface area (Å²) in [6, 6.07) is 5.37. The Bertz CT molecular complexity index is 596. The Labute approximate surface area is 130 Å². The molecular weight excluding hydrogens is 280 g/mol. The Kier molecular flexibility index (Phi) is 5.08. The second kappa shape index (κ2) is 6.83. The number of benzene rings is 1. The van der Waals surface area contributed by atoms with Crippen molar-refractivity contribution in [1.29, 1.82) is 0 Å². The third-order valence-electron chi connectivity index (χ3n) is 4.15. The van der Waals surface area contributed by atoms with E-state index in [2.05, 4.69) is 19.2 Å². The van der Waals surface area contributed by atoms with E-state index >= 15 is 0 Å². The molecule has 22 heavy (non-hydrogen) atoms. The van der Waals surface area contributed by atoms with Gasteiger partial charge in [-0.3, -0.25) is 24.6 Å². The van der Waals surface area contributed by atoms with Gasteiger partial charge in [-0.25, -0.2) is 0 Å². The molecule has 1 saturated heterocycles. The topological polar surface area (TPSA) is 66.5 Å². The van der Waals surface area contributed by atoms with Gasteiger partial charge in [0.15, 0.2) is 0 Å². The summed E-state index contributed by atoms with van der Waals surface area (Å²) < 4.78 is 0. The quantitative estimate of drug-likeness (QED) is 0.666. The molecule has 0 aromatic heterocycles. The van der Waals surface area contributed by atoms with Crippen molar-refractivity contribution in [2.75, 3.05) is 7.05 Å². The van der Waals surface area contributed by atoms with Crippen molar-refractivity contribution in [3.8, 4) is 0 Å². The Morgan fingerprint density at radius 2 is 2.09 bits per heavy atom. The Hall–Kier alpha value is -2.01. The molecule has 0 radical (unpaired) electrons. The largest absolute Gasteiger partial charge is 0.298 e. The zero-order valence-corrected chi connectivity index (χ0v) is 13.3. The molecule has 118 valence electrons. The molecule has 1 unspecified atom stereocenters. The van der Waals surface area contributed by atoms with Crippen molar-refractivity contribution in [3.05, 3.63) is 34.9 Å². The van der Waals surface area contributed by atoms with E-state index in [1.54, 1.807) is 6.07 Å². The predicted molar refractivity (Wildman–Crippen MR) is 83.6 cm³/mol. The lowest BCUT2D eigenvalue weighted by Crippen LogP contribution is -2.51. The summed E-state index contributed by atoms with van der Waals surface area (Å²) in [6.07, 6.45) is 1.73. The van der Waals surface area contributed by atoms with Gasteiger partial charge in [-0.1, -0.05) is 32.0 Å². The fourth-order valence-electron chi connectivity index (χ4n) is 2.92. The lowest BCUT2D eigenvalue weighted by molar-refractivity contribution is -0.137. The molecule has 2 amide bonds. The van der Waals surface area contributed by atoms with Gasteiger partial charge < -0.3 is 0 Å². The van der Waals surface area contributed by atoms with E-state index in [4.69, 9.17) is 0 Å². The lowest BCUT2D eigenvalue weighted by Gasteiger charge is -2.31. The second-order valence-electron chi connectivity index (χ2n) is 6.07. The number of nitrogens with one attached hydrogen (secondary N) is 1. The molecule has 1 heterocycles. The normalized spacial score (nSPS) is 18.7. The summed E-state index contributed by atoms with van der Waals surface area (Å²) in [5.41, 5.74) is 2.73. The molecule has 5 nitrogen and oxygen atoms in total. The van der Waals surface area contributed by atoms with E-state index in [-0.39, 0.29) is 17.9 Å². The van der Waals surface area contributed by atoms with Gasteiger partial charge in [0.2, 0.25) is 11.8 Å². The molecule has 1 atom stereocenters. The molecule has 0 spiro atoms. The van der Waals surface area contributed by atoms with E-state index in [9.17, 15) is 14.4 Å². The van der Waals surface area contributed by atoms with Gasteiger partial charge in [0, 0.05) is 18.5 Å². The Morgan fingerprint density at radius 1 is 1.36 bits per heavy atom. The number of aldehydes is 1. The van der Waals surface area contributed by atoms with Crippen LogP contribution in [0.4, 0.5) is 0 Å². The number of nitrogens with zero attached hydrogens (tertiary/aromatic N) is 1. The summed E-state index contributed by atoms with van der Waals surface area (Å²) in [5, 5.41) is 2.37. The summed E-state index contributed by atoms with van der Waals surface area (Å²) in [5.74, 6) is -0.177. The highest BCUT2D eigenvalue weighted by atomic mass is 16.2. The van der Waals surface area contributed by atoms with Crippen LogP contribution in [0.1, 0.15) is 54.1 Å². The number of amides is 2. The van der Waals surface area contributed by atoms with E-state index in [0.717, 1.165) is 17.4 Å². The summed E-state index contributed by atoms with van der Waals surface area (Å²) in [6.45, 7) is 4.67. The van der Waals surface area contributed by atoms with Crippen molar-refractivity contribution in [3.63, 3.8) is 0 Å². The highest BCUT2D eigenvalue weighted by molar-refractivity contribution is 6.00. The number of imide groups is 1. The van der Waals surface area contributed by atoms with Crippen molar-refractivity contribution >= 4 is 18.1 Å². The second-order valence-corrected chi connectivity index (χ2v) is 6.07. The fourth-order valence-corrected chi connectivity index (χ4v) is 2.92. The molecule has 0 bridgehead atoms.